The summed E-state index contributed by atoms with van der Waals surface area (Å²) in [5.74, 6) is 1.35. The molecule has 2 heterocycles. The molecule has 3 aromatic carbocycles. The third-order valence-electron chi connectivity index (χ3n) is 7.41. The Balaban J connectivity index is 1.45. The molecule has 0 radical (unpaired) electrons. The molecule has 1 aliphatic heterocycles. The predicted octanol–water partition coefficient (Wildman–Crippen LogP) is 6.93. The fourth-order valence-corrected chi connectivity index (χ4v) is 5.43. The number of aromatic nitrogens is 1. The van der Waals surface area contributed by atoms with E-state index >= 15 is 0 Å². The van der Waals surface area contributed by atoms with Gasteiger partial charge in [-0.1, -0.05) is 42.8 Å². The van der Waals surface area contributed by atoms with Gasteiger partial charge in [-0.25, -0.2) is 0 Å². The van der Waals surface area contributed by atoms with Gasteiger partial charge >= 0.3 is 6.18 Å². The first-order chi connectivity index (χ1) is 19.3. The molecule has 40 heavy (non-hydrogen) atoms. The number of nitrogens with zero attached hydrogens (tertiary/aromatic N) is 3. The van der Waals surface area contributed by atoms with Crippen molar-refractivity contribution >= 4 is 10.9 Å². The molecule has 0 atom stereocenters. The number of benzene rings is 3. The Morgan fingerprint density at radius 3 is 2.25 bits per heavy atom. The molecule has 8 heteroatoms. The molecule has 0 amide bonds. The van der Waals surface area contributed by atoms with Crippen LogP contribution in [0.4, 0.5) is 13.2 Å². The van der Waals surface area contributed by atoms with E-state index in [2.05, 4.69) is 4.90 Å². The zero-order valence-corrected chi connectivity index (χ0v) is 22.7. The molecule has 1 aromatic heterocycles. The van der Waals surface area contributed by atoms with E-state index in [1.807, 2.05) is 54.6 Å². The highest BCUT2D eigenvalue weighted by Gasteiger charge is 2.33. The Bertz CT molecular complexity index is 1500. The molecule has 0 aliphatic carbocycles. The molecule has 1 aliphatic rings. The number of rotatable bonds is 9. The average molecular weight is 550 g/mol. The van der Waals surface area contributed by atoms with Crippen LogP contribution < -0.4 is 10.3 Å². The van der Waals surface area contributed by atoms with Crippen LogP contribution in [0.3, 0.4) is 0 Å². The van der Waals surface area contributed by atoms with Crippen molar-refractivity contribution in [1.29, 1.82) is 0 Å². The van der Waals surface area contributed by atoms with E-state index in [-0.39, 0.29) is 24.2 Å². The van der Waals surface area contributed by atoms with Crippen molar-refractivity contribution in [3.05, 3.63) is 106 Å². The smallest absolute Gasteiger partial charge is 0.416 e. The van der Waals surface area contributed by atoms with Crippen molar-refractivity contribution < 1.29 is 17.9 Å². The van der Waals surface area contributed by atoms with Crippen LogP contribution >= 0.6 is 0 Å². The van der Waals surface area contributed by atoms with E-state index in [0.717, 1.165) is 49.4 Å². The summed E-state index contributed by atoms with van der Waals surface area (Å²) in [4.78, 5) is 18.0. The van der Waals surface area contributed by atoms with Crippen LogP contribution in [0.25, 0.3) is 10.9 Å². The molecule has 0 bridgehead atoms. The summed E-state index contributed by atoms with van der Waals surface area (Å²) in [6.07, 6.45) is -0.871. The van der Waals surface area contributed by atoms with Crippen LogP contribution in [0.15, 0.2) is 83.7 Å². The largest absolute Gasteiger partial charge is 0.457 e. The molecule has 0 saturated carbocycles. The maximum atomic E-state index is 13.8. The molecule has 0 N–H and O–H groups in total. The molecule has 5 nitrogen and oxygen atoms in total. The van der Waals surface area contributed by atoms with E-state index in [1.165, 1.54) is 18.6 Å². The van der Waals surface area contributed by atoms with Crippen LogP contribution in [0.5, 0.6) is 11.5 Å². The molecule has 0 spiro atoms. The number of hydrogen-bond acceptors (Lipinski definition) is 4. The van der Waals surface area contributed by atoms with E-state index in [4.69, 9.17) is 4.74 Å². The van der Waals surface area contributed by atoms with Gasteiger partial charge < -0.3 is 14.2 Å². The maximum Gasteiger partial charge on any atom is 0.416 e. The van der Waals surface area contributed by atoms with Crippen molar-refractivity contribution in [2.45, 2.75) is 45.1 Å². The third kappa shape index (κ3) is 6.74. The Hall–Kier alpha value is -3.62. The van der Waals surface area contributed by atoms with Gasteiger partial charge in [0.15, 0.2) is 0 Å². The van der Waals surface area contributed by atoms with Crippen molar-refractivity contribution in [2.24, 2.45) is 0 Å². The standard InChI is InChI=1S/C32H34F3N3O2/c1-36(22-25-10-6-7-13-29(25)32(33,34)35)23-26-20-24-14-15-28(40-27-11-4-2-5-12-27)21-30(24)38(31(26)39)19-18-37-16-8-3-9-17-37/h2,4-7,10-15,20-21H,3,8-9,16-19,22-23H2,1H3. The molecule has 5 rings (SSSR count). The lowest BCUT2D eigenvalue weighted by Gasteiger charge is -2.27. The SMILES string of the molecule is CN(Cc1ccccc1C(F)(F)F)Cc1cc2ccc(Oc3ccccc3)cc2n(CCN2CCCCC2)c1=O. The molecule has 0 unspecified atom stereocenters. The first-order valence-corrected chi connectivity index (χ1v) is 13.7. The number of hydrogen-bond donors (Lipinski definition) is 0. The number of ether oxygens (including phenoxy) is 1. The fraction of sp³-hybridized carbons (Fsp3) is 0.344. The molecule has 4 aromatic rings. The summed E-state index contributed by atoms with van der Waals surface area (Å²) in [6.45, 7) is 3.64. The third-order valence-corrected chi connectivity index (χ3v) is 7.41. The lowest BCUT2D eigenvalue weighted by Crippen LogP contribution is -2.36. The van der Waals surface area contributed by atoms with Gasteiger partial charge in [-0.05, 0) is 80.3 Å². The number of fused-ring (bicyclic) bond motifs is 1. The van der Waals surface area contributed by atoms with Gasteiger partial charge in [-0.15, -0.1) is 0 Å². The van der Waals surface area contributed by atoms with Crippen molar-refractivity contribution in [3.63, 3.8) is 0 Å². The summed E-state index contributed by atoms with van der Waals surface area (Å²) in [5.41, 5.74) is 0.744. The average Bonchev–Trinajstić information content (AvgIpc) is 2.94. The lowest BCUT2D eigenvalue weighted by atomic mass is 10.1. The number of pyridine rings is 1. The zero-order valence-electron chi connectivity index (χ0n) is 22.7. The van der Waals surface area contributed by atoms with Crippen LogP contribution in [-0.4, -0.2) is 41.0 Å². The second-order valence-electron chi connectivity index (χ2n) is 10.5. The zero-order chi connectivity index (χ0) is 28.1. The number of halogens is 3. The Morgan fingerprint density at radius 1 is 0.800 bits per heavy atom. The summed E-state index contributed by atoms with van der Waals surface area (Å²) >= 11 is 0. The highest BCUT2D eigenvalue weighted by atomic mass is 19.4. The minimum Gasteiger partial charge on any atom is -0.457 e. The van der Waals surface area contributed by atoms with E-state index in [0.29, 0.717) is 23.6 Å². The van der Waals surface area contributed by atoms with Gasteiger partial charge in [0.1, 0.15) is 11.5 Å². The first kappa shape index (κ1) is 27.9. The van der Waals surface area contributed by atoms with Crippen molar-refractivity contribution in [3.8, 4) is 11.5 Å². The number of para-hydroxylation sites is 1. The van der Waals surface area contributed by atoms with Gasteiger partial charge in [0, 0.05) is 37.8 Å². The highest BCUT2D eigenvalue weighted by molar-refractivity contribution is 5.81. The lowest BCUT2D eigenvalue weighted by molar-refractivity contribution is -0.138. The fourth-order valence-electron chi connectivity index (χ4n) is 5.43. The van der Waals surface area contributed by atoms with E-state index in [1.54, 1.807) is 22.6 Å². The topological polar surface area (TPSA) is 37.7 Å². The summed E-state index contributed by atoms with van der Waals surface area (Å²) in [5, 5.41) is 0.887. The van der Waals surface area contributed by atoms with Crippen LogP contribution in [0.1, 0.15) is 36.0 Å². The van der Waals surface area contributed by atoms with Crippen molar-refractivity contribution in [1.82, 2.24) is 14.4 Å². The number of likely N-dealkylation sites (tertiary alicyclic amines) is 1. The Morgan fingerprint density at radius 2 is 1.50 bits per heavy atom. The van der Waals surface area contributed by atoms with E-state index < -0.39 is 11.7 Å². The van der Waals surface area contributed by atoms with Crippen molar-refractivity contribution in [2.75, 3.05) is 26.7 Å². The van der Waals surface area contributed by atoms with Crippen LogP contribution in [0.2, 0.25) is 0 Å². The number of piperidine rings is 1. The van der Waals surface area contributed by atoms with Gasteiger partial charge in [-0.3, -0.25) is 9.69 Å². The van der Waals surface area contributed by atoms with Crippen LogP contribution in [0, 0.1) is 0 Å². The monoisotopic (exact) mass is 549 g/mol. The minimum atomic E-state index is -4.43. The van der Waals surface area contributed by atoms with Gasteiger partial charge in [-0.2, -0.15) is 13.2 Å². The van der Waals surface area contributed by atoms with Crippen LogP contribution in [-0.2, 0) is 25.8 Å². The Kier molecular flexibility index (Phi) is 8.57. The number of alkyl halides is 3. The summed E-state index contributed by atoms with van der Waals surface area (Å²) < 4.78 is 48.5. The van der Waals surface area contributed by atoms with Gasteiger partial charge in [0.2, 0.25) is 0 Å². The Labute approximate surface area is 232 Å². The second kappa shape index (κ2) is 12.3. The summed E-state index contributed by atoms with van der Waals surface area (Å²) in [7, 11) is 1.74. The van der Waals surface area contributed by atoms with E-state index in [9.17, 15) is 18.0 Å². The second-order valence-corrected chi connectivity index (χ2v) is 10.5. The first-order valence-electron chi connectivity index (χ1n) is 13.7. The van der Waals surface area contributed by atoms with Gasteiger partial charge in [0.25, 0.3) is 5.56 Å². The maximum absolute atomic E-state index is 13.8. The highest BCUT2D eigenvalue weighted by Crippen LogP contribution is 2.32. The molecule has 1 saturated heterocycles. The van der Waals surface area contributed by atoms with Gasteiger partial charge in [0.05, 0.1) is 11.1 Å². The summed E-state index contributed by atoms with van der Waals surface area (Å²) in [6, 6.07) is 22.6. The molecular formula is C32H34F3N3O2. The predicted molar refractivity (Wildman–Crippen MR) is 152 cm³/mol. The molecular weight excluding hydrogens is 515 g/mol. The quantitative estimate of drug-likeness (QED) is 0.227. The normalized spacial score (nSPS) is 14.6. The molecule has 1 fully saturated rings. The molecule has 210 valence electrons. The minimum absolute atomic E-state index is 0.0742.